The molecule has 8 heteroatoms. The molecular formula is C23H22F2N4O2. The first-order valence-corrected chi connectivity index (χ1v) is 9.77. The minimum atomic E-state index is -2.89. The molecule has 0 amide bonds. The number of para-hydroxylation sites is 1. The summed E-state index contributed by atoms with van der Waals surface area (Å²) in [5.41, 5.74) is 2.84. The zero-order valence-corrected chi connectivity index (χ0v) is 17.4. The van der Waals surface area contributed by atoms with E-state index >= 15 is 0 Å². The number of benzene rings is 2. The van der Waals surface area contributed by atoms with Crippen LogP contribution in [0.4, 0.5) is 8.78 Å². The Morgan fingerprint density at radius 3 is 2.45 bits per heavy atom. The first-order chi connectivity index (χ1) is 14.7. The molecule has 2 heterocycles. The van der Waals surface area contributed by atoms with Crippen LogP contribution in [0.25, 0.3) is 22.2 Å². The molecule has 0 fully saturated rings. The number of fused-ring (bicyclic) bond motifs is 1. The maximum atomic E-state index is 12.8. The predicted molar refractivity (Wildman–Crippen MR) is 113 cm³/mol. The van der Waals surface area contributed by atoms with Gasteiger partial charge in [0, 0.05) is 23.5 Å². The summed E-state index contributed by atoms with van der Waals surface area (Å²) in [5.74, 6) is 1.24. The van der Waals surface area contributed by atoms with E-state index in [0.717, 1.165) is 28.0 Å². The van der Waals surface area contributed by atoms with Gasteiger partial charge in [-0.1, -0.05) is 24.3 Å². The fraction of sp³-hybridized carbons (Fsp3) is 0.261. The van der Waals surface area contributed by atoms with E-state index < -0.39 is 12.2 Å². The van der Waals surface area contributed by atoms with Gasteiger partial charge in [0.15, 0.2) is 5.82 Å². The molecule has 2 aromatic carbocycles. The van der Waals surface area contributed by atoms with E-state index in [1.54, 1.807) is 44.4 Å². The van der Waals surface area contributed by atoms with Crippen LogP contribution in [0.15, 0.2) is 54.9 Å². The van der Waals surface area contributed by atoms with Gasteiger partial charge in [0.25, 0.3) is 0 Å². The number of hydrogen-bond acceptors (Lipinski definition) is 5. The molecule has 6 nitrogen and oxygen atoms in total. The number of aromatic nitrogens is 4. The Bertz CT molecular complexity index is 1210. The molecule has 2 aromatic heterocycles. The summed E-state index contributed by atoms with van der Waals surface area (Å²) in [6.45, 7) is 2.58. The quantitative estimate of drug-likeness (QED) is 0.487. The Morgan fingerprint density at radius 1 is 1.06 bits per heavy atom. The van der Waals surface area contributed by atoms with Gasteiger partial charge in [0.1, 0.15) is 17.2 Å². The van der Waals surface area contributed by atoms with Crippen molar-refractivity contribution in [2.45, 2.75) is 39.5 Å². The molecule has 0 bridgehead atoms. The number of hydrogen-bond donors (Lipinski definition) is 1. The summed E-state index contributed by atoms with van der Waals surface area (Å²) in [6, 6.07) is 12.5. The highest BCUT2D eigenvalue weighted by Crippen LogP contribution is 2.28. The van der Waals surface area contributed by atoms with E-state index in [1.165, 1.54) is 6.07 Å². The van der Waals surface area contributed by atoms with Gasteiger partial charge in [0.05, 0.1) is 17.6 Å². The molecule has 0 atom stereocenters. The van der Waals surface area contributed by atoms with Crippen LogP contribution in [0.3, 0.4) is 0 Å². The van der Waals surface area contributed by atoms with Crippen molar-refractivity contribution < 1.29 is 18.6 Å². The third kappa shape index (κ3) is 4.39. The molecular weight excluding hydrogens is 402 g/mol. The minimum Gasteiger partial charge on any atom is -0.434 e. The second kappa shape index (κ2) is 8.03. The van der Waals surface area contributed by atoms with E-state index in [-0.39, 0.29) is 5.75 Å². The van der Waals surface area contributed by atoms with Crippen LogP contribution in [0.2, 0.25) is 0 Å². The Labute approximate surface area is 178 Å². The van der Waals surface area contributed by atoms with Gasteiger partial charge in [-0.25, -0.2) is 15.0 Å². The van der Waals surface area contributed by atoms with Crippen molar-refractivity contribution in [3.63, 3.8) is 0 Å². The van der Waals surface area contributed by atoms with E-state index in [1.807, 2.05) is 29.7 Å². The van der Waals surface area contributed by atoms with Gasteiger partial charge in [-0.05, 0) is 44.5 Å². The molecule has 4 rings (SSSR count). The summed E-state index contributed by atoms with van der Waals surface area (Å²) >= 11 is 0. The Balaban J connectivity index is 1.72. The summed E-state index contributed by atoms with van der Waals surface area (Å²) in [4.78, 5) is 13.1. The fourth-order valence-electron chi connectivity index (χ4n) is 3.43. The fourth-order valence-corrected chi connectivity index (χ4v) is 3.43. The zero-order chi connectivity index (χ0) is 22.2. The maximum absolute atomic E-state index is 12.8. The lowest BCUT2D eigenvalue weighted by atomic mass is 10.1. The van der Waals surface area contributed by atoms with Crippen molar-refractivity contribution in [3.8, 4) is 16.9 Å². The minimum absolute atomic E-state index is 0.144. The van der Waals surface area contributed by atoms with Crippen molar-refractivity contribution in [1.82, 2.24) is 19.5 Å². The highest BCUT2D eigenvalue weighted by atomic mass is 19.3. The van der Waals surface area contributed by atoms with Gasteiger partial charge in [-0.2, -0.15) is 8.78 Å². The van der Waals surface area contributed by atoms with Crippen LogP contribution >= 0.6 is 0 Å². The van der Waals surface area contributed by atoms with Gasteiger partial charge in [-0.3, -0.25) is 0 Å². The average Bonchev–Trinajstić information content (AvgIpc) is 3.03. The van der Waals surface area contributed by atoms with Crippen LogP contribution in [-0.2, 0) is 12.1 Å². The molecule has 0 aliphatic rings. The topological polar surface area (TPSA) is 73.1 Å². The molecule has 0 saturated carbocycles. The highest BCUT2D eigenvalue weighted by Gasteiger charge is 2.19. The average molecular weight is 424 g/mol. The number of halogens is 2. The van der Waals surface area contributed by atoms with Crippen molar-refractivity contribution in [2.75, 3.05) is 0 Å². The first kappa shape index (κ1) is 20.9. The second-order valence-corrected chi connectivity index (χ2v) is 7.79. The number of aryl methyl sites for hydroxylation is 1. The summed E-state index contributed by atoms with van der Waals surface area (Å²) in [7, 11) is 0. The number of ether oxygens (including phenoxy) is 1. The van der Waals surface area contributed by atoms with Crippen LogP contribution in [-0.4, -0.2) is 31.2 Å². The monoisotopic (exact) mass is 424 g/mol. The number of alkyl halides is 2. The Hall–Kier alpha value is -3.39. The van der Waals surface area contributed by atoms with Gasteiger partial charge in [0.2, 0.25) is 0 Å². The number of imidazole rings is 1. The molecule has 1 N–H and O–H groups in total. The van der Waals surface area contributed by atoms with Crippen molar-refractivity contribution in [3.05, 3.63) is 72.1 Å². The predicted octanol–water partition coefficient (Wildman–Crippen LogP) is 4.68. The molecule has 31 heavy (non-hydrogen) atoms. The van der Waals surface area contributed by atoms with Crippen molar-refractivity contribution in [2.24, 2.45) is 0 Å². The number of aliphatic hydroxyl groups is 1. The van der Waals surface area contributed by atoms with Crippen LogP contribution in [0, 0.1) is 6.92 Å². The lowest BCUT2D eigenvalue weighted by Gasteiger charge is -2.15. The summed E-state index contributed by atoms with van der Waals surface area (Å²) in [6.07, 6.45) is 3.33. The van der Waals surface area contributed by atoms with Crippen molar-refractivity contribution >= 4 is 11.0 Å². The lowest BCUT2D eigenvalue weighted by Crippen LogP contribution is -2.19. The normalized spacial score (nSPS) is 12.0. The van der Waals surface area contributed by atoms with E-state index in [0.29, 0.717) is 17.9 Å². The molecule has 0 spiro atoms. The highest BCUT2D eigenvalue weighted by molar-refractivity contribution is 5.82. The Kier molecular flexibility index (Phi) is 5.41. The molecule has 0 radical (unpaired) electrons. The molecule has 0 unspecified atom stereocenters. The third-order valence-corrected chi connectivity index (χ3v) is 4.99. The molecule has 0 aliphatic carbocycles. The van der Waals surface area contributed by atoms with E-state index in [4.69, 9.17) is 0 Å². The van der Waals surface area contributed by atoms with Crippen molar-refractivity contribution in [1.29, 1.82) is 0 Å². The third-order valence-electron chi connectivity index (χ3n) is 4.99. The smallest absolute Gasteiger partial charge is 0.387 e. The first-order valence-electron chi connectivity index (χ1n) is 9.77. The van der Waals surface area contributed by atoms with Crippen LogP contribution < -0.4 is 4.74 Å². The van der Waals surface area contributed by atoms with Gasteiger partial charge in [-0.15, -0.1) is 0 Å². The largest absolute Gasteiger partial charge is 0.434 e. The van der Waals surface area contributed by atoms with Gasteiger partial charge >= 0.3 is 6.61 Å². The molecule has 160 valence electrons. The second-order valence-electron chi connectivity index (χ2n) is 7.79. The summed E-state index contributed by atoms with van der Waals surface area (Å²) < 4.78 is 32.2. The standard InChI is InChI=1S/C23H22F2N4O2/c1-14-28-18-9-8-15(17-11-26-21(27-12-17)23(2,3)30)10-19(18)29(14)13-16-6-4-5-7-20(16)31-22(24)25/h4-12,22,30H,13H2,1-3H3. The molecule has 0 aliphatic heterocycles. The lowest BCUT2D eigenvalue weighted by molar-refractivity contribution is -0.0504. The van der Waals surface area contributed by atoms with Gasteiger partial charge < -0.3 is 14.4 Å². The van der Waals surface area contributed by atoms with E-state index in [9.17, 15) is 13.9 Å². The zero-order valence-electron chi connectivity index (χ0n) is 17.4. The molecule has 0 saturated heterocycles. The van der Waals surface area contributed by atoms with Crippen LogP contribution in [0.1, 0.15) is 31.1 Å². The SMILES string of the molecule is Cc1nc2ccc(-c3cnc(C(C)(C)O)nc3)cc2n1Cc1ccccc1OC(F)F. The molecule has 4 aromatic rings. The van der Waals surface area contributed by atoms with E-state index in [2.05, 4.69) is 19.7 Å². The maximum Gasteiger partial charge on any atom is 0.387 e. The van der Waals surface area contributed by atoms with Crippen LogP contribution in [0.5, 0.6) is 5.75 Å². The summed E-state index contributed by atoms with van der Waals surface area (Å²) in [5, 5.41) is 10.1. The number of nitrogens with zero attached hydrogens (tertiary/aromatic N) is 4. The number of rotatable bonds is 6. The Morgan fingerprint density at radius 2 is 1.77 bits per heavy atom.